The molecule has 0 atom stereocenters. The van der Waals surface area contributed by atoms with Crippen LogP contribution in [-0.4, -0.2) is 5.91 Å². The zero-order valence-corrected chi connectivity index (χ0v) is 14.0. The number of hydrogen-bond donors (Lipinski definition) is 1. The van der Waals surface area contributed by atoms with Crippen molar-refractivity contribution in [1.29, 1.82) is 0 Å². The molecule has 1 N–H and O–H groups in total. The van der Waals surface area contributed by atoms with E-state index in [0.29, 0.717) is 6.42 Å². The molecule has 0 saturated carbocycles. The summed E-state index contributed by atoms with van der Waals surface area (Å²) in [5.41, 5.74) is 4.38. The Hall–Kier alpha value is -1.61. The Bertz CT molecular complexity index is 615. The molecule has 0 heterocycles. The Morgan fingerprint density at radius 1 is 1.05 bits per heavy atom. The quantitative estimate of drug-likeness (QED) is 0.831. The molecule has 2 nitrogen and oxygen atoms in total. The van der Waals surface area contributed by atoms with E-state index in [0.717, 1.165) is 28.6 Å². The Balaban J connectivity index is 2.16. The normalized spacial score (nSPS) is 10.4. The van der Waals surface area contributed by atoms with Crippen LogP contribution in [0.3, 0.4) is 0 Å². The van der Waals surface area contributed by atoms with Crippen LogP contribution in [0.2, 0.25) is 0 Å². The van der Waals surface area contributed by atoms with E-state index in [1.807, 2.05) is 24.3 Å². The zero-order valence-electron chi connectivity index (χ0n) is 12.4. The van der Waals surface area contributed by atoms with Gasteiger partial charge in [0.25, 0.3) is 0 Å². The van der Waals surface area contributed by atoms with Crippen LogP contribution < -0.4 is 5.32 Å². The summed E-state index contributed by atoms with van der Waals surface area (Å²) in [5.74, 6) is 0.0312. The Kier molecular flexibility index (Phi) is 5.57. The van der Waals surface area contributed by atoms with Gasteiger partial charge < -0.3 is 5.32 Å². The van der Waals surface area contributed by atoms with E-state index in [9.17, 15) is 4.79 Å². The molecule has 0 bridgehead atoms. The average molecular weight is 346 g/mol. The number of aryl methyl sites for hydroxylation is 2. The number of carbonyl (C=O) groups is 1. The molecule has 1 amide bonds. The maximum absolute atomic E-state index is 12.3. The van der Waals surface area contributed by atoms with Crippen molar-refractivity contribution in [2.24, 2.45) is 0 Å². The van der Waals surface area contributed by atoms with E-state index in [1.54, 1.807) is 0 Å². The number of rotatable bonds is 5. The molecule has 2 aromatic rings. The average Bonchev–Trinajstić information content (AvgIpc) is 2.47. The second-order valence-electron chi connectivity index (χ2n) is 5.01. The van der Waals surface area contributed by atoms with Crippen LogP contribution in [0.5, 0.6) is 0 Å². The van der Waals surface area contributed by atoms with Crippen molar-refractivity contribution in [2.45, 2.75) is 33.1 Å². The van der Waals surface area contributed by atoms with Gasteiger partial charge in [-0.25, -0.2) is 0 Å². The third-order valence-corrected chi connectivity index (χ3v) is 4.01. The zero-order chi connectivity index (χ0) is 15.2. The molecule has 0 aliphatic rings. The molecule has 2 aromatic carbocycles. The summed E-state index contributed by atoms with van der Waals surface area (Å²) < 4.78 is 0.996. The number of halogens is 1. The molecule has 0 radical (unpaired) electrons. The van der Waals surface area contributed by atoms with Crippen LogP contribution in [0.4, 0.5) is 5.69 Å². The van der Waals surface area contributed by atoms with Crippen molar-refractivity contribution in [2.75, 3.05) is 5.32 Å². The molecule has 0 spiro atoms. The van der Waals surface area contributed by atoms with Gasteiger partial charge in [-0.1, -0.05) is 60.1 Å². The van der Waals surface area contributed by atoms with Gasteiger partial charge in [0.1, 0.15) is 0 Å². The molecule has 110 valence electrons. The smallest absolute Gasteiger partial charge is 0.228 e. The maximum Gasteiger partial charge on any atom is 0.228 e. The SMILES string of the molecule is CCc1cccc(CC)c1NC(=O)Cc1cccc(Br)c1. The van der Waals surface area contributed by atoms with E-state index >= 15 is 0 Å². The number of benzene rings is 2. The molecule has 0 aliphatic heterocycles. The van der Waals surface area contributed by atoms with Gasteiger partial charge >= 0.3 is 0 Å². The molecular formula is C18H20BrNO. The van der Waals surface area contributed by atoms with Gasteiger partial charge in [-0.05, 0) is 41.7 Å². The van der Waals surface area contributed by atoms with Crippen LogP contribution >= 0.6 is 15.9 Å². The van der Waals surface area contributed by atoms with E-state index in [-0.39, 0.29) is 5.91 Å². The maximum atomic E-state index is 12.3. The van der Waals surface area contributed by atoms with Crippen molar-refractivity contribution in [3.63, 3.8) is 0 Å². The van der Waals surface area contributed by atoms with E-state index < -0.39 is 0 Å². The molecule has 0 aliphatic carbocycles. The van der Waals surface area contributed by atoms with Crippen LogP contribution in [0.25, 0.3) is 0 Å². The predicted molar refractivity (Wildman–Crippen MR) is 91.7 cm³/mol. The lowest BCUT2D eigenvalue weighted by atomic mass is 10.0. The van der Waals surface area contributed by atoms with Gasteiger partial charge in [-0.2, -0.15) is 0 Å². The van der Waals surface area contributed by atoms with Gasteiger partial charge in [-0.15, -0.1) is 0 Å². The lowest BCUT2D eigenvalue weighted by molar-refractivity contribution is -0.115. The number of nitrogens with one attached hydrogen (secondary N) is 1. The lowest BCUT2D eigenvalue weighted by Crippen LogP contribution is -2.17. The molecule has 0 saturated heterocycles. The molecule has 3 heteroatoms. The minimum absolute atomic E-state index is 0.0312. The topological polar surface area (TPSA) is 29.1 Å². The van der Waals surface area contributed by atoms with Gasteiger partial charge in [0.2, 0.25) is 5.91 Å². The number of anilines is 1. The summed E-state index contributed by atoms with van der Waals surface area (Å²) in [6.45, 7) is 4.22. The monoisotopic (exact) mass is 345 g/mol. The third-order valence-electron chi connectivity index (χ3n) is 3.52. The Morgan fingerprint density at radius 3 is 2.24 bits per heavy atom. The van der Waals surface area contributed by atoms with Gasteiger partial charge in [0, 0.05) is 10.2 Å². The number of amides is 1. The van der Waals surface area contributed by atoms with Gasteiger partial charge in [0.15, 0.2) is 0 Å². The highest BCUT2D eigenvalue weighted by atomic mass is 79.9. The van der Waals surface area contributed by atoms with E-state index in [1.165, 1.54) is 11.1 Å². The summed E-state index contributed by atoms with van der Waals surface area (Å²) in [6.07, 6.45) is 2.22. The molecule has 0 fully saturated rings. The largest absolute Gasteiger partial charge is 0.325 e. The van der Waals surface area contributed by atoms with E-state index in [4.69, 9.17) is 0 Å². The second-order valence-corrected chi connectivity index (χ2v) is 5.93. The number of hydrogen-bond acceptors (Lipinski definition) is 1. The first kappa shape index (κ1) is 15.8. The summed E-state index contributed by atoms with van der Waals surface area (Å²) >= 11 is 3.43. The summed E-state index contributed by atoms with van der Waals surface area (Å²) in [6, 6.07) is 14.1. The van der Waals surface area contributed by atoms with Crippen molar-refractivity contribution >= 4 is 27.5 Å². The summed E-state index contributed by atoms with van der Waals surface area (Å²) in [4.78, 5) is 12.3. The first-order chi connectivity index (χ1) is 10.1. The fourth-order valence-electron chi connectivity index (χ4n) is 2.42. The van der Waals surface area contributed by atoms with Gasteiger partial charge in [-0.3, -0.25) is 4.79 Å². The fourth-order valence-corrected chi connectivity index (χ4v) is 2.87. The molecule has 0 unspecified atom stereocenters. The summed E-state index contributed by atoms with van der Waals surface area (Å²) in [7, 11) is 0. The highest BCUT2D eigenvalue weighted by Gasteiger charge is 2.10. The minimum atomic E-state index is 0.0312. The van der Waals surface area contributed by atoms with Crippen LogP contribution in [0, 0.1) is 0 Å². The number of para-hydroxylation sites is 1. The second kappa shape index (κ2) is 7.41. The Morgan fingerprint density at radius 2 is 1.67 bits per heavy atom. The Labute approximate surface area is 134 Å². The first-order valence-corrected chi connectivity index (χ1v) is 8.08. The van der Waals surface area contributed by atoms with Gasteiger partial charge in [0.05, 0.1) is 6.42 Å². The van der Waals surface area contributed by atoms with Crippen LogP contribution in [0.15, 0.2) is 46.9 Å². The van der Waals surface area contributed by atoms with Crippen LogP contribution in [-0.2, 0) is 24.1 Å². The fraction of sp³-hybridized carbons (Fsp3) is 0.278. The van der Waals surface area contributed by atoms with Crippen LogP contribution in [0.1, 0.15) is 30.5 Å². The number of carbonyl (C=O) groups excluding carboxylic acids is 1. The highest BCUT2D eigenvalue weighted by Crippen LogP contribution is 2.23. The van der Waals surface area contributed by atoms with Crippen molar-refractivity contribution in [1.82, 2.24) is 0 Å². The van der Waals surface area contributed by atoms with Crippen molar-refractivity contribution < 1.29 is 4.79 Å². The highest BCUT2D eigenvalue weighted by molar-refractivity contribution is 9.10. The minimum Gasteiger partial charge on any atom is -0.325 e. The first-order valence-electron chi connectivity index (χ1n) is 7.29. The third kappa shape index (κ3) is 4.18. The molecule has 2 rings (SSSR count). The molecular weight excluding hydrogens is 326 g/mol. The predicted octanol–water partition coefficient (Wildman–Crippen LogP) is 4.76. The molecule has 21 heavy (non-hydrogen) atoms. The lowest BCUT2D eigenvalue weighted by Gasteiger charge is -2.14. The van der Waals surface area contributed by atoms with Crippen molar-refractivity contribution in [3.05, 3.63) is 63.6 Å². The standard InChI is InChI=1S/C18H20BrNO/c1-3-14-8-6-9-15(4-2)18(14)20-17(21)12-13-7-5-10-16(19)11-13/h5-11H,3-4,12H2,1-2H3,(H,20,21). The van der Waals surface area contributed by atoms with E-state index in [2.05, 4.69) is 53.3 Å². The molecule has 0 aromatic heterocycles. The van der Waals surface area contributed by atoms with Crippen molar-refractivity contribution in [3.8, 4) is 0 Å². The summed E-state index contributed by atoms with van der Waals surface area (Å²) in [5, 5.41) is 3.09.